The van der Waals surface area contributed by atoms with E-state index >= 15 is 0 Å². The van der Waals surface area contributed by atoms with E-state index in [2.05, 4.69) is 10.2 Å². The number of nitrogens with one attached hydrogen (secondary N) is 1. The summed E-state index contributed by atoms with van der Waals surface area (Å²) in [7, 11) is 1.51. The lowest BCUT2D eigenvalue weighted by Gasteiger charge is -2.28. The van der Waals surface area contributed by atoms with Crippen LogP contribution in [0.15, 0.2) is 0 Å². The van der Waals surface area contributed by atoms with Crippen LogP contribution in [0.2, 0.25) is 0 Å². The fourth-order valence-corrected chi connectivity index (χ4v) is 2.03. The second-order valence-electron chi connectivity index (χ2n) is 4.56. The minimum atomic E-state index is -0.978. The molecule has 0 bridgehead atoms. The van der Waals surface area contributed by atoms with Gasteiger partial charge in [-0.25, -0.2) is 9.59 Å². The first kappa shape index (κ1) is 15.7. The van der Waals surface area contributed by atoms with Crippen molar-refractivity contribution >= 4 is 12.0 Å². The maximum Gasteiger partial charge on any atom is 0.326 e. The molecule has 0 aliphatic carbocycles. The molecule has 1 rings (SSSR count). The van der Waals surface area contributed by atoms with E-state index < -0.39 is 12.0 Å². The number of morpholine rings is 1. The molecule has 0 radical (unpaired) electrons. The molecule has 7 nitrogen and oxygen atoms in total. The molecule has 2 N–H and O–H groups in total. The number of urea groups is 1. The minimum absolute atomic E-state index is 0.345. The van der Waals surface area contributed by atoms with Gasteiger partial charge in [0.15, 0.2) is 0 Å². The average molecular weight is 273 g/mol. The molecule has 0 spiro atoms. The van der Waals surface area contributed by atoms with Gasteiger partial charge in [-0.15, -0.1) is 0 Å². The van der Waals surface area contributed by atoms with Crippen LogP contribution in [0.25, 0.3) is 0 Å². The van der Waals surface area contributed by atoms with E-state index in [9.17, 15) is 9.59 Å². The quantitative estimate of drug-likeness (QED) is 0.702. The van der Waals surface area contributed by atoms with Gasteiger partial charge in [-0.1, -0.05) is 6.92 Å². The Morgan fingerprint density at radius 3 is 2.58 bits per heavy atom. The summed E-state index contributed by atoms with van der Waals surface area (Å²) < 4.78 is 5.24. The smallest absolute Gasteiger partial charge is 0.326 e. The first-order chi connectivity index (χ1) is 9.06. The molecular formula is C12H23N3O4. The third-order valence-electron chi connectivity index (χ3n) is 3.27. The number of nitrogens with zero attached hydrogens (tertiary/aromatic N) is 2. The maximum atomic E-state index is 11.8. The van der Waals surface area contributed by atoms with Gasteiger partial charge in [-0.05, 0) is 6.42 Å². The zero-order chi connectivity index (χ0) is 14.3. The second kappa shape index (κ2) is 7.96. The van der Waals surface area contributed by atoms with Crippen molar-refractivity contribution in [2.75, 3.05) is 46.4 Å². The number of amides is 2. The zero-order valence-corrected chi connectivity index (χ0v) is 11.6. The average Bonchev–Trinajstić information content (AvgIpc) is 2.40. The van der Waals surface area contributed by atoms with Gasteiger partial charge in [0.25, 0.3) is 0 Å². The Hall–Kier alpha value is -1.34. The molecule has 110 valence electrons. The van der Waals surface area contributed by atoms with Crippen LogP contribution >= 0.6 is 0 Å². The van der Waals surface area contributed by atoms with Crippen LogP contribution < -0.4 is 5.32 Å². The van der Waals surface area contributed by atoms with Crippen LogP contribution in [0.4, 0.5) is 4.79 Å². The molecule has 2 amide bonds. The van der Waals surface area contributed by atoms with E-state index in [1.807, 2.05) is 0 Å². The molecule has 1 saturated heterocycles. The van der Waals surface area contributed by atoms with Gasteiger partial charge < -0.3 is 20.1 Å². The van der Waals surface area contributed by atoms with Crippen LogP contribution in [0.5, 0.6) is 0 Å². The van der Waals surface area contributed by atoms with E-state index in [4.69, 9.17) is 9.84 Å². The molecule has 1 aliphatic heterocycles. The molecular weight excluding hydrogens is 250 g/mol. The van der Waals surface area contributed by atoms with E-state index in [1.165, 1.54) is 11.9 Å². The molecule has 0 aromatic rings. The van der Waals surface area contributed by atoms with Gasteiger partial charge in [0.2, 0.25) is 0 Å². The Morgan fingerprint density at radius 1 is 1.42 bits per heavy atom. The van der Waals surface area contributed by atoms with Crippen molar-refractivity contribution in [3.8, 4) is 0 Å². The highest BCUT2D eigenvalue weighted by Crippen LogP contribution is 2.02. The molecule has 7 heteroatoms. The molecule has 1 atom stereocenters. The van der Waals surface area contributed by atoms with E-state index in [0.717, 1.165) is 32.8 Å². The van der Waals surface area contributed by atoms with Crippen molar-refractivity contribution in [1.29, 1.82) is 0 Å². The summed E-state index contributed by atoms with van der Waals surface area (Å²) in [6, 6.07) is -1.12. The highest BCUT2D eigenvalue weighted by atomic mass is 16.5. The summed E-state index contributed by atoms with van der Waals surface area (Å²) in [4.78, 5) is 26.2. The summed E-state index contributed by atoms with van der Waals surface area (Å²) in [5.41, 5.74) is 0. The predicted octanol–water partition coefficient (Wildman–Crippen LogP) is -0.177. The lowest BCUT2D eigenvalue weighted by molar-refractivity contribution is -0.141. The van der Waals surface area contributed by atoms with E-state index in [0.29, 0.717) is 13.0 Å². The third-order valence-corrected chi connectivity index (χ3v) is 3.27. The second-order valence-corrected chi connectivity index (χ2v) is 4.56. The normalized spacial score (nSPS) is 17.8. The van der Waals surface area contributed by atoms with Crippen LogP contribution in [0, 0.1) is 0 Å². The Bertz CT molecular complexity index is 305. The van der Waals surface area contributed by atoms with Gasteiger partial charge in [0, 0.05) is 33.2 Å². The number of likely N-dealkylation sites (N-methyl/N-ethyl adjacent to an activating group) is 1. The molecule has 19 heavy (non-hydrogen) atoms. The van der Waals surface area contributed by atoms with Crippen molar-refractivity contribution in [1.82, 2.24) is 15.1 Å². The van der Waals surface area contributed by atoms with Crippen molar-refractivity contribution in [3.63, 3.8) is 0 Å². The predicted molar refractivity (Wildman–Crippen MR) is 70.1 cm³/mol. The van der Waals surface area contributed by atoms with Crippen molar-refractivity contribution < 1.29 is 19.4 Å². The molecule has 0 aromatic carbocycles. The molecule has 1 heterocycles. The third kappa shape index (κ3) is 5.04. The van der Waals surface area contributed by atoms with Gasteiger partial charge in [-0.3, -0.25) is 4.90 Å². The summed E-state index contributed by atoms with van der Waals surface area (Å²) in [6.45, 7) is 6.22. The van der Waals surface area contributed by atoms with Gasteiger partial charge in [0.1, 0.15) is 6.04 Å². The number of aliphatic carboxylic acids is 1. The largest absolute Gasteiger partial charge is 0.480 e. The maximum absolute atomic E-state index is 11.8. The van der Waals surface area contributed by atoms with E-state index in [-0.39, 0.29) is 6.03 Å². The van der Waals surface area contributed by atoms with Gasteiger partial charge >= 0.3 is 12.0 Å². The fourth-order valence-electron chi connectivity index (χ4n) is 2.03. The number of hydrogen-bond donors (Lipinski definition) is 2. The number of carboxylic acid groups (broad SMARTS) is 1. The molecule has 1 fully saturated rings. The zero-order valence-electron chi connectivity index (χ0n) is 11.6. The molecule has 0 saturated carbocycles. The number of hydrogen-bond acceptors (Lipinski definition) is 4. The molecule has 0 aromatic heterocycles. The lowest BCUT2D eigenvalue weighted by atomic mass is 10.2. The van der Waals surface area contributed by atoms with Gasteiger partial charge in [-0.2, -0.15) is 0 Å². The highest BCUT2D eigenvalue weighted by molar-refractivity contribution is 5.82. The first-order valence-electron chi connectivity index (χ1n) is 6.59. The van der Waals surface area contributed by atoms with Crippen LogP contribution in [0.3, 0.4) is 0 Å². The first-order valence-corrected chi connectivity index (χ1v) is 6.59. The highest BCUT2D eigenvalue weighted by Gasteiger charge is 2.24. The summed E-state index contributed by atoms with van der Waals surface area (Å²) in [5.74, 6) is -0.978. The van der Waals surface area contributed by atoms with Crippen LogP contribution in [-0.2, 0) is 9.53 Å². The Kier molecular flexibility index (Phi) is 6.58. The Labute approximate surface area is 113 Å². The number of carbonyl (C=O) groups excluding carboxylic acids is 1. The fraction of sp³-hybridized carbons (Fsp3) is 0.833. The lowest BCUT2D eigenvalue weighted by Crippen LogP contribution is -2.49. The minimum Gasteiger partial charge on any atom is -0.480 e. The molecule has 1 unspecified atom stereocenters. The topological polar surface area (TPSA) is 82.1 Å². The van der Waals surface area contributed by atoms with Crippen molar-refractivity contribution in [2.45, 2.75) is 19.4 Å². The van der Waals surface area contributed by atoms with Crippen LogP contribution in [-0.4, -0.2) is 79.4 Å². The van der Waals surface area contributed by atoms with Crippen molar-refractivity contribution in [2.24, 2.45) is 0 Å². The van der Waals surface area contributed by atoms with Gasteiger partial charge in [0.05, 0.1) is 13.2 Å². The standard InChI is InChI=1S/C12H23N3O4/c1-3-10(11(16)17)14(2)12(18)13-4-5-15-6-8-19-9-7-15/h10H,3-9H2,1-2H3,(H,13,18)(H,16,17). The summed E-state index contributed by atoms with van der Waals surface area (Å²) in [5, 5.41) is 11.7. The molecule has 1 aliphatic rings. The van der Waals surface area contributed by atoms with Crippen molar-refractivity contribution in [3.05, 3.63) is 0 Å². The number of carbonyl (C=O) groups is 2. The number of rotatable bonds is 6. The Morgan fingerprint density at radius 2 is 2.05 bits per heavy atom. The summed E-state index contributed by atoms with van der Waals surface area (Å²) in [6.07, 6.45) is 0.392. The SMILES string of the molecule is CCC(C(=O)O)N(C)C(=O)NCCN1CCOCC1. The monoisotopic (exact) mass is 273 g/mol. The Balaban J connectivity index is 2.27. The summed E-state index contributed by atoms with van der Waals surface area (Å²) >= 11 is 0. The number of ether oxygens (including phenoxy) is 1. The van der Waals surface area contributed by atoms with Crippen LogP contribution in [0.1, 0.15) is 13.3 Å². The van der Waals surface area contributed by atoms with E-state index in [1.54, 1.807) is 6.92 Å². The number of carboxylic acids is 1.